The average molecular weight is 417 g/mol. The lowest BCUT2D eigenvalue weighted by atomic mass is 10.2. The van der Waals surface area contributed by atoms with Gasteiger partial charge in [-0.2, -0.15) is 4.31 Å². The highest BCUT2D eigenvalue weighted by Gasteiger charge is 2.33. The average Bonchev–Trinajstić information content (AvgIpc) is 2.73. The maximum absolute atomic E-state index is 13.4. The van der Waals surface area contributed by atoms with Crippen molar-refractivity contribution in [1.29, 1.82) is 0 Å². The molecule has 7 nitrogen and oxygen atoms in total. The molecule has 1 aliphatic heterocycles. The van der Waals surface area contributed by atoms with Crippen LogP contribution in [0.15, 0.2) is 58.2 Å². The Morgan fingerprint density at radius 1 is 1.14 bits per heavy atom. The third-order valence-corrected chi connectivity index (χ3v) is 7.35. The molecule has 0 aliphatic carbocycles. The molecule has 1 aliphatic rings. The molecule has 0 spiro atoms. The van der Waals surface area contributed by atoms with Gasteiger partial charge in [0.25, 0.3) is 5.56 Å². The lowest BCUT2D eigenvalue weighted by Crippen LogP contribution is -3.14. The van der Waals surface area contributed by atoms with Crippen molar-refractivity contribution in [2.45, 2.75) is 17.9 Å². The molecule has 4 rings (SSSR count). The Morgan fingerprint density at radius 2 is 1.86 bits per heavy atom. The molecule has 1 atom stereocenters. The molecule has 0 amide bonds. The van der Waals surface area contributed by atoms with Crippen molar-refractivity contribution >= 4 is 20.9 Å². The van der Waals surface area contributed by atoms with E-state index in [1.807, 2.05) is 13.0 Å². The largest absolute Gasteiger partial charge is 0.324 e. The van der Waals surface area contributed by atoms with Crippen molar-refractivity contribution < 1.29 is 17.7 Å². The Balaban J connectivity index is 1.50. The van der Waals surface area contributed by atoms with Crippen LogP contribution in [-0.2, 0) is 10.0 Å². The van der Waals surface area contributed by atoms with Crippen molar-refractivity contribution in [1.82, 2.24) is 14.3 Å². The zero-order valence-corrected chi connectivity index (χ0v) is 16.7. The maximum atomic E-state index is 13.4. The van der Waals surface area contributed by atoms with Gasteiger partial charge in [0.2, 0.25) is 10.0 Å². The number of nitrogens with zero attached hydrogens (tertiary/aromatic N) is 2. The number of quaternary nitrogens is 1. The fourth-order valence-corrected chi connectivity index (χ4v) is 5.20. The molecule has 0 bridgehead atoms. The smallest absolute Gasteiger partial charge is 0.258 e. The molecule has 9 heteroatoms. The van der Waals surface area contributed by atoms with Crippen molar-refractivity contribution in [3.8, 4) is 0 Å². The minimum Gasteiger partial charge on any atom is -0.324 e. The Bertz CT molecular complexity index is 1200. The summed E-state index contributed by atoms with van der Waals surface area (Å²) in [6.45, 7) is 3.73. The normalized spacial score (nSPS) is 17.4. The summed E-state index contributed by atoms with van der Waals surface area (Å²) in [7, 11) is -3.73. The van der Waals surface area contributed by atoms with Crippen LogP contribution in [0.1, 0.15) is 18.8 Å². The van der Waals surface area contributed by atoms with Crippen LogP contribution in [0.2, 0.25) is 0 Å². The first-order valence-electron chi connectivity index (χ1n) is 9.45. The minimum atomic E-state index is -3.73. The molecule has 2 heterocycles. The molecule has 0 radical (unpaired) electrons. The molecule has 1 saturated heterocycles. The summed E-state index contributed by atoms with van der Waals surface area (Å²) >= 11 is 0. The number of para-hydroxylation sites is 1. The summed E-state index contributed by atoms with van der Waals surface area (Å²) in [4.78, 5) is 20.9. The van der Waals surface area contributed by atoms with Gasteiger partial charge in [-0.3, -0.25) is 4.79 Å². The zero-order valence-electron chi connectivity index (χ0n) is 15.9. The number of sulfonamides is 1. The lowest BCUT2D eigenvalue weighted by Gasteiger charge is -2.34. The summed E-state index contributed by atoms with van der Waals surface area (Å²) in [5.41, 5.74) is 0.467. The molecule has 2 aromatic carbocycles. The minimum absolute atomic E-state index is 0.0328. The van der Waals surface area contributed by atoms with Crippen LogP contribution < -0.4 is 10.5 Å². The molecule has 2 N–H and O–H groups in total. The van der Waals surface area contributed by atoms with Gasteiger partial charge in [0, 0.05) is 0 Å². The van der Waals surface area contributed by atoms with Crippen LogP contribution in [0.4, 0.5) is 4.39 Å². The van der Waals surface area contributed by atoms with Crippen LogP contribution in [0, 0.1) is 5.82 Å². The second-order valence-corrected chi connectivity index (χ2v) is 9.15. The van der Waals surface area contributed by atoms with Crippen LogP contribution in [-0.4, -0.2) is 48.9 Å². The van der Waals surface area contributed by atoms with E-state index >= 15 is 0 Å². The second kappa shape index (κ2) is 7.66. The van der Waals surface area contributed by atoms with E-state index in [1.165, 1.54) is 22.5 Å². The van der Waals surface area contributed by atoms with Crippen molar-refractivity contribution in [2.75, 3.05) is 26.2 Å². The Labute approximate surface area is 167 Å². The molecule has 0 unspecified atom stereocenters. The van der Waals surface area contributed by atoms with E-state index in [-0.39, 0.29) is 16.5 Å². The molecular formula is C20H22FN4O3S+. The zero-order chi connectivity index (χ0) is 20.6. The summed E-state index contributed by atoms with van der Waals surface area (Å²) in [5, 5.41) is 0.546. The number of aromatic nitrogens is 2. The molecule has 152 valence electrons. The number of fused-ring (bicyclic) bond motifs is 1. The molecular weight excluding hydrogens is 395 g/mol. The standard InChI is InChI=1S/C20H21FN4O3S/c1-14(19-22-18-8-3-2-7-17(18)20(26)23-19)24-9-11-25(12-10-24)29(27,28)16-6-4-5-15(21)13-16/h2-8,13-14H,9-12H2,1H3,(H,22,23,26)/p+1/t14-/m0/s1. The number of benzene rings is 2. The Hall–Kier alpha value is -2.62. The number of rotatable bonds is 4. The number of piperazine rings is 1. The second-order valence-electron chi connectivity index (χ2n) is 7.21. The summed E-state index contributed by atoms with van der Waals surface area (Å²) in [6.07, 6.45) is 0. The van der Waals surface area contributed by atoms with E-state index < -0.39 is 15.8 Å². The van der Waals surface area contributed by atoms with Gasteiger partial charge in [-0.1, -0.05) is 18.2 Å². The van der Waals surface area contributed by atoms with Gasteiger partial charge in [-0.05, 0) is 37.3 Å². The lowest BCUT2D eigenvalue weighted by molar-refractivity contribution is -0.933. The van der Waals surface area contributed by atoms with Gasteiger partial charge in [-0.15, -0.1) is 0 Å². The highest BCUT2D eigenvalue weighted by molar-refractivity contribution is 7.89. The summed E-state index contributed by atoms with van der Waals surface area (Å²) < 4.78 is 40.4. The Morgan fingerprint density at radius 3 is 2.59 bits per heavy atom. The topological polar surface area (TPSA) is 87.6 Å². The fourth-order valence-electron chi connectivity index (χ4n) is 3.73. The molecule has 1 aromatic heterocycles. The quantitative estimate of drug-likeness (QED) is 0.655. The number of nitrogens with one attached hydrogen (secondary N) is 2. The highest BCUT2D eigenvalue weighted by atomic mass is 32.2. The number of H-pyrrole nitrogens is 1. The van der Waals surface area contributed by atoms with Gasteiger partial charge in [-0.25, -0.2) is 17.8 Å². The van der Waals surface area contributed by atoms with E-state index in [1.54, 1.807) is 18.2 Å². The predicted octanol–water partition coefficient (Wildman–Crippen LogP) is 0.713. The van der Waals surface area contributed by atoms with E-state index in [9.17, 15) is 17.6 Å². The van der Waals surface area contributed by atoms with Crippen LogP contribution in [0.25, 0.3) is 10.9 Å². The van der Waals surface area contributed by atoms with E-state index in [0.29, 0.717) is 42.9 Å². The van der Waals surface area contributed by atoms with Crippen molar-refractivity contribution in [2.24, 2.45) is 0 Å². The Kier molecular flexibility index (Phi) is 5.20. The SMILES string of the molecule is C[C@@H](c1nc2ccccc2c(=O)[nH]1)[NH+]1CCN(S(=O)(=O)c2cccc(F)c2)CC1. The van der Waals surface area contributed by atoms with Crippen LogP contribution >= 0.6 is 0 Å². The van der Waals surface area contributed by atoms with E-state index in [2.05, 4.69) is 9.97 Å². The molecule has 29 heavy (non-hydrogen) atoms. The first-order chi connectivity index (χ1) is 13.9. The van der Waals surface area contributed by atoms with Gasteiger partial charge in [0.1, 0.15) is 11.9 Å². The maximum Gasteiger partial charge on any atom is 0.258 e. The monoisotopic (exact) mass is 417 g/mol. The molecule has 0 saturated carbocycles. The van der Waals surface area contributed by atoms with Crippen molar-refractivity contribution in [3.63, 3.8) is 0 Å². The van der Waals surface area contributed by atoms with E-state index in [0.717, 1.165) is 11.0 Å². The molecule has 3 aromatic rings. The van der Waals surface area contributed by atoms with Crippen LogP contribution in [0.3, 0.4) is 0 Å². The van der Waals surface area contributed by atoms with Gasteiger partial charge in [0.15, 0.2) is 5.82 Å². The summed E-state index contributed by atoms with van der Waals surface area (Å²) in [5.74, 6) is 0.0143. The van der Waals surface area contributed by atoms with Crippen molar-refractivity contribution in [3.05, 3.63) is 70.5 Å². The van der Waals surface area contributed by atoms with Gasteiger partial charge in [0.05, 0.1) is 42.0 Å². The van der Waals surface area contributed by atoms with E-state index in [4.69, 9.17) is 0 Å². The van der Waals surface area contributed by atoms with Gasteiger partial charge >= 0.3 is 0 Å². The summed E-state index contributed by atoms with van der Waals surface area (Å²) in [6, 6.07) is 12.2. The third kappa shape index (κ3) is 3.81. The third-order valence-electron chi connectivity index (χ3n) is 5.45. The predicted molar refractivity (Wildman–Crippen MR) is 107 cm³/mol. The number of hydrogen-bond donors (Lipinski definition) is 2. The number of halogens is 1. The van der Waals surface area contributed by atoms with Crippen LogP contribution in [0.5, 0.6) is 0 Å². The first-order valence-corrected chi connectivity index (χ1v) is 10.9. The van der Waals surface area contributed by atoms with Gasteiger partial charge < -0.3 is 9.88 Å². The fraction of sp³-hybridized carbons (Fsp3) is 0.300. The molecule has 1 fully saturated rings. The first kappa shape index (κ1) is 19.7. The number of aromatic amines is 1. The highest BCUT2D eigenvalue weighted by Crippen LogP contribution is 2.17. The number of hydrogen-bond acceptors (Lipinski definition) is 4.